The number of anilines is 2. The number of benzene rings is 1. The first-order chi connectivity index (χ1) is 17.1. The molecule has 0 radical (unpaired) electrons. The molecule has 12 heteroatoms. The van der Waals surface area contributed by atoms with E-state index in [1.165, 1.54) is 10.2 Å². The minimum atomic E-state index is -0.951. The van der Waals surface area contributed by atoms with Crippen molar-refractivity contribution in [2.24, 2.45) is 0 Å². The Morgan fingerprint density at radius 2 is 1.83 bits per heavy atom. The molecule has 5 heterocycles. The molecule has 11 nitrogen and oxygen atoms in total. The van der Waals surface area contributed by atoms with Gasteiger partial charge in [-0.25, -0.2) is 9.97 Å². The number of aromatic nitrogens is 6. The van der Waals surface area contributed by atoms with Crippen molar-refractivity contribution in [3.8, 4) is 11.6 Å². The van der Waals surface area contributed by atoms with Gasteiger partial charge in [0.15, 0.2) is 27.5 Å². The second-order valence-corrected chi connectivity index (χ2v) is 9.88. The molecule has 5 aromatic rings. The highest BCUT2D eigenvalue weighted by atomic mass is 32.2. The maximum absolute atomic E-state index is 11.6. The van der Waals surface area contributed by atoms with Gasteiger partial charge in [-0.3, -0.25) is 4.90 Å². The molecule has 0 spiro atoms. The molecule has 2 N–H and O–H groups in total. The first-order valence-electron chi connectivity index (χ1n) is 11.4. The molecule has 1 fully saturated rings. The van der Waals surface area contributed by atoms with Crippen LogP contribution >= 0.6 is 0 Å². The van der Waals surface area contributed by atoms with Crippen LogP contribution in [0.3, 0.4) is 0 Å². The second-order valence-electron chi connectivity index (χ2n) is 8.51. The molecule has 1 aliphatic heterocycles. The molecular weight excluding hydrogens is 466 g/mol. The van der Waals surface area contributed by atoms with Crippen molar-refractivity contribution >= 4 is 39.6 Å². The summed E-state index contributed by atoms with van der Waals surface area (Å²) in [5.74, 6) is 1.27. The molecule has 0 saturated carbocycles. The first kappa shape index (κ1) is 21.9. The average molecular weight is 492 g/mol. The number of nitrogen functional groups attached to an aromatic ring is 1. The van der Waals surface area contributed by atoms with Crippen LogP contribution in [0.5, 0.6) is 0 Å². The van der Waals surface area contributed by atoms with Gasteiger partial charge in [0.25, 0.3) is 0 Å². The summed E-state index contributed by atoms with van der Waals surface area (Å²) in [5, 5.41) is 4.43. The van der Waals surface area contributed by atoms with E-state index in [1.807, 2.05) is 16.7 Å². The van der Waals surface area contributed by atoms with Crippen LogP contribution in [0.2, 0.25) is 0 Å². The highest BCUT2D eigenvalue weighted by Gasteiger charge is 2.20. The fraction of sp³-hybridized carbons (Fsp3) is 0.304. The Morgan fingerprint density at radius 3 is 2.54 bits per heavy atom. The molecule has 1 aliphatic rings. The zero-order valence-corrected chi connectivity index (χ0v) is 20.1. The Labute approximate surface area is 204 Å². The van der Waals surface area contributed by atoms with Gasteiger partial charge in [-0.05, 0) is 47.6 Å². The molecule has 1 unspecified atom stereocenters. The summed E-state index contributed by atoms with van der Waals surface area (Å²) < 4.78 is 20.6. The van der Waals surface area contributed by atoms with Gasteiger partial charge in [-0.15, -0.1) is 5.10 Å². The van der Waals surface area contributed by atoms with Gasteiger partial charge in [0.05, 0.1) is 12.6 Å². The number of rotatable bonds is 6. The smallest absolute Gasteiger partial charge is 0.225 e. The SMILES string of the molecule is C[S+]([O-])c1ccc(N2CCN(CCn3cnc4c3nc(N)n3nc(-c5ccco5)nc43)CC2)cc1. The van der Waals surface area contributed by atoms with Crippen LogP contribution in [0, 0.1) is 0 Å². The largest absolute Gasteiger partial charge is 0.612 e. The maximum Gasteiger partial charge on any atom is 0.225 e. The van der Waals surface area contributed by atoms with E-state index in [0.717, 1.165) is 44.2 Å². The average Bonchev–Trinajstić information content (AvgIpc) is 3.63. The van der Waals surface area contributed by atoms with Gasteiger partial charge in [0.2, 0.25) is 11.8 Å². The first-order valence-corrected chi connectivity index (χ1v) is 12.9. The number of hydrogen-bond acceptors (Lipinski definition) is 9. The Hall–Kier alpha value is -3.61. The van der Waals surface area contributed by atoms with Gasteiger partial charge >= 0.3 is 0 Å². The monoisotopic (exact) mass is 491 g/mol. The van der Waals surface area contributed by atoms with Crippen molar-refractivity contribution in [1.29, 1.82) is 0 Å². The molecule has 180 valence electrons. The lowest BCUT2D eigenvalue weighted by molar-refractivity contribution is 0.249. The Kier molecular flexibility index (Phi) is 5.55. The predicted octanol–water partition coefficient (Wildman–Crippen LogP) is 1.88. The van der Waals surface area contributed by atoms with Crippen LogP contribution in [-0.4, -0.2) is 77.6 Å². The lowest BCUT2D eigenvalue weighted by Gasteiger charge is -2.36. The molecular formula is C23H25N9O2S. The number of hydrogen-bond donors (Lipinski definition) is 1. The Bertz CT molecular complexity index is 1450. The summed E-state index contributed by atoms with van der Waals surface area (Å²) in [6.07, 6.45) is 5.07. The zero-order valence-electron chi connectivity index (χ0n) is 19.2. The van der Waals surface area contributed by atoms with E-state index < -0.39 is 11.2 Å². The quantitative estimate of drug-likeness (QED) is 0.354. The number of nitrogens with zero attached hydrogens (tertiary/aromatic N) is 8. The number of fused-ring (bicyclic) bond motifs is 3. The van der Waals surface area contributed by atoms with Gasteiger partial charge in [0.1, 0.15) is 6.26 Å². The molecule has 0 bridgehead atoms. The van der Waals surface area contributed by atoms with E-state index in [-0.39, 0.29) is 5.95 Å². The number of furan rings is 1. The highest BCUT2D eigenvalue weighted by molar-refractivity contribution is 7.90. The summed E-state index contributed by atoms with van der Waals surface area (Å²) in [6.45, 7) is 5.44. The van der Waals surface area contributed by atoms with Gasteiger partial charge in [-0.1, -0.05) is 0 Å². The van der Waals surface area contributed by atoms with Crippen LogP contribution in [0.25, 0.3) is 28.4 Å². The van der Waals surface area contributed by atoms with Gasteiger partial charge < -0.3 is 24.2 Å². The van der Waals surface area contributed by atoms with Crippen molar-refractivity contribution in [1.82, 2.24) is 34.0 Å². The van der Waals surface area contributed by atoms with Crippen molar-refractivity contribution in [2.45, 2.75) is 11.4 Å². The van der Waals surface area contributed by atoms with Crippen LogP contribution in [0.1, 0.15) is 0 Å². The van der Waals surface area contributed by atoms with Gasteiger partial charge in [0, 0.05) is 45.0 Å². The number of piperazine rings is 1. The third-order valence-corrected chi connectivity index (χ3v) is 7.31. The standard InChI is InChI=1S/C23H25N9O2S/c1-35(33)17-6-4-16(5-7-17)30-11-8-29(9-12-30)10-13-31-15-25-19-21(31)27-23(24)32-22(19)26-20(28-32)18-3-2-14-34-18/h2-7,14-15H,8-13H2,1H3,(H2,24,27). The van der Waals surface area contributed by atoms with E-state index in [9.17, 15) is 4.55 Å². The molecule has 0 amide bonds. The van der Waals surface area contributed by atoms with Crippen LogP contribution in [0.4, 0.5) is 11.6 Å². The summed E-state index contributed by atoms with van der Waals surface area (Å²) in [6, 6.07) is 11.6. The zero-order chi connectivity index (χ0) is 23.9. The lowest BCUT2D eigenvalue weighted by atomic mass is 10.2. The summed E-state index contributed by atoms with van der Waals surface area (Å²) in [5.41, 5.74) is 9.28. The summed E-state index contributed by atoms with van der Waals surface area (Å²) in [4.78, 5) is 19.4. The molecule has 1 atom stereocenters. The topological polar surface area (TPSA) is 130 Å². The molecule has 1 saturated heterocycles. The van der Waals surface area contributed by atoms with E-state index in [4.69, 9.17) is 10.2 Å². The minimum Gasteiger partial charge on any atom is -0.612 e. The lowest BCUT2D eigenvalue weighted by Crippen LogP contribution is -2.47. The second kappa shape index (κ2) is 8.87. The third-order valence-electron chi connectivity index (χ3n) is 6.37. The van der Waals surface area contributed by atoms with Crippen molar-refractivity contribution < 1.29 is 8.97 Å². The highest BCUT2D eigenvalue weighted by Crippen LogP contribution is 2.23. The molecule has 0 aliphatic carbocycles. The van der Waals surface area contributed by atoms with Crippen molar-refractivity contribution in [2.75, 3.05) is 49.6 Å². The van der Waals surface area contributed by atoms with E-state index in [1.54, 1.807) is 31.0 Å². The third kappa shape index (κ3) is 4.09. The summed E-state index contributed by atoms with van der Waals surface area (Å²) >= 11 is -0.951. The Morgan fingerprint density at radius 1 is 1.03 bits per heavy atom. The molecule has 6 rings (SSSR count). The van der Waals surface area contributed by atoms with E-state index in [2.05, 4.69) is 42.0 Å². The van der Waals surface area contributed by atoms with E-state index >= 15 is 0 Å². The van der Waals surface area contributed by atoms with E-state index in [0.29, 0.717) is 28.4 Å². The van der Waals surface area contributed by atoms with Crippen LogP contribution < -0.4 is 10.6 Å². The predicted molar refractivity (Wildman–Crippen MR) is 134 cm³/mol. The Balaban J connectivity index is 1.14. The normalized spacial score (nSPS) is 15.9. The van der Waals surface area contributed by atoms with Crippen molar-refractivity contribution in [3.63, 3.8) is 0 Å². The fourth-order valence-electron chi connectivity index (χ4n) is 4.43. The molecule has 35 heavy (non-hydrogen) atoms. The summed E-state index contributed by atoms with van der Waals surface area (Å²) in [7, 11) is 0. The fourth-order valence-corrected chi connectivity index (χ4v) is 4.95. The van der Waals surface area contributed by atoms with Crippen molar-refractivity contribution in [3.05, 3.63) is 49.0 Å². The molecule has 4 aromatic heterocycles. The molecule has 1 aromatic carbocycles. The maximum atomic E-state index is 11.6. The minimum absolute atomic E-state index is 0.256. The van der Waals surface area contributed by atoms with Crippen LogP contribution in [-0.2, 0) is 17.7 Å². The van der Waals surface area contributed by atoms with Crippen LogP contribution in [0.15, 0.2) is 58.3 Å². The number of imidazole rings is 1. The number of nitrogens with two attached hydrogens (primary N) is 1. The van der Waals surface area contributed by atoms with Gasteiger partial charge in [-0.2, -0.15) is 9.50 Å².